The van der Waals surface area contributed by atoms with Crippen molar-refractivity contribution in [1.82, 2.24) is 15.3 Å². The molecule has 106 valence electrons. The van der Waals surface area contributed by atoms with Crippen LogP contribution in [0, 0.1) is 0 Å². The average molecular weight is 264 g/mol. The molecular formula is C14H24N4O. The molecule has 0 radical (unpaired) electrons. The summed E-state index contributed by atoms with van der Waals surface area (Å²) in [5, 5.41) is 2.25. The lowest BCUT2D eigenvalue weighted by Gasteiger charge is -2.35. The molecule has 19 heavy (non-hydrogen) atoms. The van der Waals surface area contributed by atoms with Crippen LogP contribution in [0.25, 0.3) is 0 Å². The molecule has 0 saturated carbocycles. The highest BCUT2D eigenvalue weighted by Crippen LogP contribution is 2.24. The number of ether oxygens (including phenoxy) is 1. The first-order valence-electron chi connectivity index (χ1n) is 6.77. The number of likely N-dealkylation sites (N-methyl/N-ethyl adjacent to an activating group) is 1. The topological polar surface area (TPSA) is 53.8 Å². The number of nitrogens with two attached hydrogens (primary N) is 1. The summed E-state index contributed by atoms with van der Waals surface area (Å²) in [5.74, 6) is 0.888. The number of para-hydroxylation sites is 1. The standard InChI is InChI=1S/C14H24N4O/c1-17-7-9-18(10-8-17)16-13(11-15)12-5-3-4-6-14(12)19-2/h3-6,13,16H,7-11,15H2,1-2H3. The number of hydrazine groups is 1. The maximum absolute atomic E-state index is 5.92. The van der Waals surface area contributed by atoms with Crippen molar-refractivity contribution in [2.75, 3.05) is 46.9 Å². The van der Waals surface area contributed by atoms with E-state index in [1.807, 2.05) is 18.2 Å². The van der Waals surface area contributed by atoms with E-state index in [9.17, 15) is 0 Å². The summed E-state index contributed by atoms with van der Waals surface area (Å²) in [7, 11) is 3.85. The Bertz CT molecular complexity index is 391. The first-order chi connectivity index (χ1) is 9.24. The summed E-state index contributed by atoms with van der Waals surface area (Å²) in [6, 6.07) is 8.14. The Kier molecular flexibility index (Phi) is 5.15. The molecule has 0 spiro atoms. The molecular weight excluding hydrogens is 240 g/mol. The smallest absolute Gasteiger partial charge is 0.123 e. The molecule has 1 aliphatic rings. The lowest BCUT2D eigenvalue weighted by Crippen LogP contribution is -2.52. The summed E-state index contributed by atoms with van der Waals surface area (Å²) in [6.45, 7) is 4.74. The van der Waals surface area contributed by atoms with E-state index in [1.54, 1.807) is 7.11 Å². The minimum Gasteiger partial charge on any atom is -0.496 e. The van der Waals surface area contributed by atoms with Crippen LogP contribution in [-0.4, -0.2) is 56.8 Å². The van der Waals surface area contributed by atoms with Crippen molar-refractivity contribution in [2.24, 2.45) is 5.73 Å². The molecule has 5 nitrogen and oxygen atoms in total. The number of nitrogens with one attached hydrogen (secondary N) is 1. The van der Waals surface area contributed by atoms with Gasteiger partial charge in [0.1, 0.15) is 5.75 Å². The van der Waals surface area contributed by atoms with Gasteiger partial charge in [-0.05, 0) is 13.1 Å². The zero-order valence-electron chi connectivity index (χ0n) is 11.8. The Morgan fingerprint density at radius 1 is 1.26 bits per heavy atom. The molecule has 0 aromatic heterocycles. The van der Waals surface area contributed by atoms with E-state index in [-0.39, 0.29) is 6.04 Å². The monoisotopic (exact) mass is 264 g/mol. The number of methoxy groups -OCH3 is 1. The second-order valence-electron chi connectivity index (χ2n) is 4.95. The summed E-state index contributed by atoms with van der Waals surface area (Å²) in [6.07, 6.45) is 0. The molecule has 1 fully saturated rings. The minimum atomic E-state index is 0.0968. The Labute approximate surface area is 115 Å². The molecule has 3 N–H and O–H groups in total. The van der Waals surface area contributed by atoms with Crippen LogP contribution in [-0.2, 0) is 0 Å². The first kappa shape index (κ1) is 14.3. The fraction of sp³-hybridized carbons (Fsp3) is 0.571. The van der Waals surface area contributed by atoms with Crippen molar-refractivity contribution in [1.29, 1.82) is 0 Å². The lowest BCUT2D eigenvalue weighted by molar-refractivity contribution is 0.0875. The van der Waals surface area contributed by atoms with Crippen molar-refractivity contribution >= 4 is 0 Å². The highest BCUT2D eigenvalue weighted by molar-refractivity contribution is 5.36. The van der Waals surface area contributed by atoms with Crippen LogP contribution in [0.2, 0.25) is 0 Å². The van der Waals surface area contributed by atoms with E-state index in [0.717, 1.165) is 37.5 Å². The van der Waals surface area contributed by atoms with E-state index in [4.69, 9.17) is 10.5 Å². The van der Waals surface area contributed by atoms with Crippen LogP contribution in [0.3, 0.4) is 0 Å². The normalized spacial score (nSPS) is 19.3. The Balaban J connectivity index is 2.03. The summed E-state index contributed by atoms with van der Waals surface area (Å²) in [4.78, 5) is 2.33. The second kappa shape index (κ2) is 6.86. The predicted molar refractivity (Wildman–Crippen MR) is 77.0 cm³/mol. The van der Waals surface area contributed by atoms with E-state index in [1.165, 1.54) is 0 Å². The van der Waals surface area contributed by atoms with Crippen molar-refractivity contribution in [3.8, 4) is 5.75 Å². The number of rotatable bonds is 5. The molecule has 1 aromatic rings. The molecule has 1 saturated heterocycles. The summed E-state index contributed by atoms with van der Waals surface area (Å²) >= 11 is 0. The van der Waals surface area contributed by atoms with E-state index >= 15 is 0 Å². The van der Waals surface area contributed by atoms with Crippen LogP contribution in [0.5, 0.6) is 5.75 Å². The predicted octanol–water partition coefficient (Wildman–Crippen LogP) is 0.447. The number of hydrogen-bond acceptors (Lipinski definition) is 5. The van der Waals surface area contributed by atoms with Gasteiger partial charge in [0.05, 0.1) is 13.2 Å². The van der Waals surface area contributed by atoms with Crippen LogP contribution in [0.1, 0.15) is 11.6 Å². The van der Waals surface area contributed by atoms with Gasteiger partial charge in [-0.15, -0.1) is 0 Å². The van der Waals surface area contributed by atoms with Crippen LogP contribution in [0.15, 0.2) is 24.3 Å². The van der Waals surface area contributed by atoms with Gasteiger partial charge < -0.3 is 15.4 Å². The van der Waals surface area contributed by atoms with E-state index in [0.29, 0.717) is 6.54 Å². The number of benzene rings is 1. The highest BCUT2D eigenvalue weighted by atomic mass is 16.5. The largest absolute Gasteiger partial charge is 0.496 e. The Hall–Kier alpha value is -1.14. The molecule has 1 atom stereocenters. The molecule has 0 amide bonds. The Morgan fingerprint density at radius 3 is 2.58 bits per heavy atom. The van der Waals surface area contributed by atoms with Crippen LogP contribution in [0.4, 0.5) is 0 Å². The summed E-state index contributed by atoms with van der Waals surface area (Å²) in [5.41, 5.74) is 10.6. The maximum Gasteiger partial charge on any atom is 0.123 e. The zero-order valence-corrected chi connectivity index (χ0v) is 11.8. The van der Waals surface area contributed by atoms with Gasteiger partial charge in [-0.25, -0.2) is 10.4 Å². The minimum absolute atomic E-state index is 0.0968. The van der Waals surface area contributed by atoms with Crippen molar-refractivity contribution in [2.45, 2.75) is 6.04 Å². The average Bonchev–Trinajstić information content (AvgIpc) is 2.46. The third kappa shape index (κ3) is 3.67. The number of nitrogens with zero attached hydrogens (tertiary/aromatic N) is 2. The maximum atomic E-state index is 5.92. The highest BCUT2D eigenvalue weighted by Gasteiger charge is 2.19. The van der Waals surface area contributed by atoms with Crippen molar-refractivity contribution < 1.29 is 4.74 Å². The first-order valence-corrected chi connectivity index (χ1v) is 6.77. The third-order valence-electron chi connectivity index (χ3n) is 3.59. The van der Waals surface area contributed by atoms with Gasteiger partial charge in [0.2, 0.25) is 0 Å². The summed E-state index contributed by atoms with van der Waals surface area (Å²) < 4.78 is 5.41. The fourth-order valence-electron chi connectivity index (χ4n) is 2.36. The van der Waals surface area contributed by atoms with Gasteiger partial charge in [-0.2, -0.15) is 0 Å². The molecule has 0 bridgehead atoms. The van der Waals surface area contributed by atoms with Gasteiger partial charge in [-0.1, -0.05) is 18.2 Å². The molecule has 1 aliphatic heterocycles. The van der Waals surface area contributed by atoms with Gasteiger partial charge in [0.15, 0.2) is 0 Å². The molecule has 0 aliphatic carbocycles. The van der Waals surface area contributed by atoms with Gasteiger partial charge in [0, 0.05) is 38.3 Å². The van der Waals surface area contributed by atoms with Crippen LogP contribution < -0.4 is 15.9 Å². The Morgan fingerprint density at radius 2 is 1.95 bits per heavy atom. The van der Waals surface area contributed by atoms with Gasteiger partial charge in [0.25, 0.3) is 0 Å². The van der Waals surface area contributed by atoms with Crippen molar-refractivity contribution in [3.63, 3.8) is 0 Å². The lowest BCUT2D eigenvalue weighted by atomic mass is 10.1. The van der Waals surface area contributed by atoms with Gasteiger partial charge in [-0.3, -0.25) is 0 Å². The van der Waals surface area contributed by atoms with Gasteiger partial charge >= 0.3 is 0 Å². The SMILES string of the molecule is COc1ccccc1C(CN)NN1CCN(C)CC1. The number of piperazine rings is 1. The molecule has 2 rings (SSSR count). The molecule has 1 aromatic carbocycles. The molecule has 5 heteroatoms. The molecule has 1 heterocycles. The van der Waals surface area contributed by atoms with Crippen LogP contribution >= 0.6 is 0 Å². The van der Waals surface area contributed by atoms with E-state index in [2.05, 4.69) is 28.4 Å². The zero-order chi connectivity index (χ0) is 13.7. The second-order valence-corrected chi connectivity index (χ2v) is 4.95. The van der Waals surface area contributed by atoms with E-state index < -0.39 is 0 Å². The number of hydrogen-bond donors (Lipinski definition) is 2. The molecule has 1 unspecified atom stereocenters. The van der Waals surface area contributed by atoms with Crippen molar-refractivity contribution in [3.05, 3.63) is 29.8 Å². The fourth-order valence-corrected chi connectivity index (χ4v) is 2.36. The quantitative estimate of drug-likeness (QED) is 0.808. The third-order valence-corrected chi connectivity index (χ3v) is 3.59.